The third-order valence-corrected chi connectivity index (χ3v) is 2.50. The minimum Gasteiger partial charge on any atom is -0.394 e. The first-order valence-electron chi connectivity index (χ1n) is 5.09. The summed E-state index contributed by atoms with van der Waals surface area (Å²) in [4.78, 5) is 4.16. The van der Waals surface area contributed by atoms with Gasteiger partial charge in [-0.05, 0) is 12.8 Å². The van der Waals surface area contributed by atoms with Gasteiger partial charge in [-0.15, -0.1) is 0 Å². The average molecular weight is 213 g/mol. The Kier molecular flexibility index (Phi) is 3.30. The number of nitrogens with zero attached hydrogens (tertiary/aromatic N) is 2. The highest BCUT2D eigenvalue weighted by atomic mass is 16.5. The SMILES string of the molecule is N[C@@H](CO)c1nc(C2CCCOC2)no1. The van der Waals surface area contributed by atoms with Crippen LogP contribution in [0.5, 0.6) is 0 Å². The normalized spacial score (nSPS) is 24.0. The average Bonchev–Trinajstić information content (AvgIpc) is 2.78. The summed E-state index contributed by atoms with van der Waals surface area (Å²) in [5, 5.41) is 12.7. The molecule has 0 amide bonds. The van der Waals surface area contributed by atoms with E-state index in [1.807, 2.05) is 0 Å². The summed E-state index contributed by atoms with van der Waals surface area (Å²) in [6, 6.07) is -0.587. The minimum absolute atomic E-state index is 0.192. The minimum atomic E-state index is -0.587. The van der Waals surface area contributed by atoms with Gasteiger partial charge < -0.3 is 20.1 Å². The fraction of sp³-hybridized carbons (Fsp3) is 0.778. The highest BCUT2D eigenvalue weighted by molar-refractivity contribution is 4.99. The first-order chi connectivity index (χ1) is 7.31. The Morgan fingerprint density at radius 3 is 3.13 bits per heavy atom. The molecule has 0 bridgehead atoms. The van der Waals surface area contributed by atoms with Crippen LogP contribution in [-0.4, -0.2) is 35.1 Å². The van der Waals surface area contributed by atoms with E-state index in [4.69, 9.17) is 20.1 Å². The zero-order chi connectivity index (χ0) is 10.7. The molecule has 1 unspecified atom stereocenters. The first-order valence-corrected chi connectivity index (χ1v) is 5.09. The van der Waals surface area contributed by atoms with Gasteiger partial charge in [0.15, 0.2) is 5.82 Å². The predicted octanol–water partition coefficient (Wildman–Crippen LogP) is -0.0443. The molecular weight excluding hydrogens is 198 g/mol. The molecule has 0 spiro atoms. The van der Waals surface area contributed by atoms with Crippen molar-refractivity contribution in [1.29, 1.82) is 0 Å². The van der Waals surface area contributed by atoms with Crippen LogP contribution in [0.4, 0.5) is 0 Å². The molecule has 0 radical (unpaired) electrons. The molecular formula is C9H15N3O3. The van der Waals surface area contributed by atoms with Crippen molar-refractivity contribution >= 4 is 0 Å². The molecule has 1 fully saturated rings. The number of rotatable bonds is 3. The third-order valence-electron chi connectivity index (χ3n) is 2.50. The maximum absolute atomic E-state index is 8.83. The molecule has 1 aromatic heterocycles. The van der Waals surface area contributed by atoms with Crippen LogP contribution >= 0.6 is 0 Å². The second kappa shape index (κ2) is 4.69. The van der Waals surface area contributed by atoms with Gasteiger partial charge in [0.1, 0.15) is 6.04 Å². The maximum Gasteiger partial charge on any atom is 0.245 e. The standard InChI is InChI=1S/C9H15N3O3/c10-7(4-13)9-11-8(12-15-9)6-2-1-3-14-5-6/h6-7,13H,1-5,10H2/t6?,7-/m0/s1. The van der Waals surface area contributed by atoms with Gasteiger partial charge in [-0.1, -0.05) is 5.16 Å². The monoisotopic (exact) mass is 213 g/mol. The zero-order valence-electron chi connectivity index (χ0n) is 8.43. The summed E-state index contributed by atoms with van der Waals surface area (Å²) in [7, 11) is 0. The molecule has 2 rings (SSSR count). The van der Waals surface area contributed by atoms with E-state index in [-0.39, 0.29) is 18.4 Å². The molecule has 6 heteroatoms. The second-order valence-electron chi connectivity index (χ2n) is 3.69. The Bertz CT molecular complexity index is 309. The van der Waals surface area contributed by atoms with E-state index in [2.05, 4.69) is 10.1 Å². The first kappa shape index (κ1) is 10.5. The fourth-order valence-electron chi connectivity index (χ4n) is 1.59. The van der Waals surface area contributed by atoms with Gasteiger partial charge >= 0.3 is 0 Å². The molecule has 15 heavy (non-hydrogen) atoms. The van der Waals surface area contributed by atoms with Crippen LogP contribution in [0, 0.1) is 0 Å². The molecule has 0 aromatic carbocycles. The van der Waals surface area contributed by atoms with Crippen LogP contribution in [0.15, 0.2) is 4.52 Å². The molecule has 2 atom stereocenters. The van der Waals surface area contributed by atoms with Gasteiger partial charge in [0.05, 0.1) is 13.2 Å². The highest BCUT2D eigenvalue weighted by Crippen LogP contribution is 2.23. The van der Waals surface area contributed by atoms with Crippen molar-refractivity contribution in [3.63, 3.8) is 0 Å². The molecule has 1 aromatic rings. The lowest BCUT2D eigenvalue weighted by Crippen LogP contribution is -2.18. The van der Waals surface area contributed by atoms with Gasteiger partial charge in [-0.3, -0.25) is 0 Å². The summed E-state index contributed by atoms with van der Waals surface area (Å²) in [5.74, 6) is 1.12. The lowest BCUT2D eigenvalue weighted by atomic mass is 10.0. The number of aliphatic hydroxyl groups is 1. The Morgan fingerprint density at radius 2 is 2.47 bits per heavy atom. The van der Waals surface area contributed by atoms with Crippen LogP contribution < -0.4 is 5.73 Å². The zero-order valence-corrected chi connectivity index (χ0v) is 8.43. The lowest BCUT2D eigenvalue weighted by molar-refractivity contribution is 0.0773. The summed E-state index contributed by atoms with van der Waals surface area (Å²) < 4.78 is 10.3. The quantitative estimate of drug-likeness (QED) is 0.731. The molecule has 1 aliphatic rings. The van der Waals surface area contributed by atoms with Crippen LogP contribution in [0.2, 0.25) is 0 Å². The van der Waals surface area contributed by atoms with Crippen LogP contribution in [0.25, 0.3) is 0 Å². The fourth-order valence-corrected chi connectivity index (χ4v) is 1.59. The van der Waals surface area contributed by atoms with Gasteiger partial charge in [-0.25, -0.2) is 0 Å². The summed E-state index contributed by atoms with van der Waals surface area (Å²) >= 11 is 0. The molecule has 0 saturated carbocycles. The molecule has 3 N–H and O–H groups in total. The number of hydrogen-bond donors (Lipinski definition) is 2. The Labute approximate surface area is 87.4 Å². The lowest BCUT2D eigenvalue weighted by Gasteiger charge is -2.18. The Morgan fingerprint density at radius 1 is 1.60 bits per heavy atom. The number of nitrogens with two attached hydrogens (primary N) is 1. The van der Waals surface area contributed by atoms with Gasteiger partial charge in [0.2, 0.25) is 5.89 Å². The van der Waals surface area contributed by atoms with Gasteiger partial charge in [0, 0.05) is 12.5 Å². The maximum atomic E-state index is 8.83. The Hall–Kier alpha value is -0.980. The van der Waals surface area contributed by atoms with Crippen molar-refractivity contribution in [3.8, 4) is 0 Å². The third kappa shape index (κ3) is 2.34. The van der Waals surface area contributed by atoms with Crippen LogP contribution in [-0.2, 0) is 4.74 Å². The number of hydrogen-bond acceptors (Lipinski definition) is 6. The van der Waals surface area contributed by atoms with E-state index in [9.17, 15) is 0 Å². The van der Waals surface area contributed by atoms with Crippen LogP contribution in [0.3, 0.4) is 0 Å². The van der Waals surface area contributed by atoms with E-state index in [1.54, 1.807) is 0 Å². The largest absolute Gasteiger partial charge is 0.394 e. The van der Waals surface area contributed by atoms with E-state index >= 15 is 0 Å². The van der Waals surface area contributed by atoms with Crippen molar-refractivity contribution in [2.75, 3.05) is 19.8 Å². The summed E-state index contributed by atoms with van der Waals surface area (Å²) in [5.41, 5.74) is 5.56. The predicted molar refractivity (Wildman–Crippen MR) is 51.1 cm³/mol. The Balaban J connectivity index is 2.05. The number of aliphatic hydroxyl groups excluding tert-OH is 1. The molecule has 6 nitrogen and oxygen atoms in total. The van der Waals surface area contributed by atoms with Crippen LogP contribution in [0.1, 0.15) is 36.5 Å². The van der Waals surface area contributed by atoms with Crippen molar-refractivity contribution in [2.45, 2.75) is 24.8 Å². The van der Waals surface area contributed by atoms with E-state index in [1.165, 1.54) is 0 Å². The molecule has 1 aliphatic heterocycles. The van der Waals surface area contributed by atoms with E-state index in [0.29, 0.717) is 12.4 Å². The number of aromatic nitrogens is 2. The molecule has 2 heterocycles. The summed E-state index contributed by atoms with van der Waals surface area (Å²) in [6.45, 7) is 1.24. The van der Waals surface area contributed by atoms with E-state index in [0.717, 1.165) is 19.4 Å². The molecule has 0 aliphatic carbocycles. The van der Waals surface area contributed by atoms with Crippen molar-refractivity contribution in [2.24, 2.45) is 5.73 Å². The topological polar surface area (TPSA) is 94.4 Å². The van der Waals surface area contributed by atoms with Crippen molar-refractivity contribution in [1.82, 2.24) is 10.1 Å². The van der Waals surface area contributed by atoms with Crippen molar-refractivity contribution in [3.05, 3.63) is 11.7 Å². The second-order valence-corrected chi connectivity index (χ2v) is 3.69. The van der Waals surface area contributed by atoms with Gasteiger partial charge in [-0.2, -0.15) is 4.98 Å². The summed E-state index contributed by atoms with van der Waals surface area (Å²) in [6.07, 6.45) is 2.02. The smallest absolute Gasteiger partial charge is 0.245 e. The van der Waals surface area contributed by atoms with Gasteiger partial charge in [0.25, 0.3) is 0 Å². The number of ether oxygens (including phenoxy) is 1. The highest BCUT2D eigenvalue weighted by Gasteiger charge is 2.23. The molecule has 1 saturated heterocycles. The van der Waals surface area contributed by atoms with E-state index < -0.39 is 6.04 Å². The molecule has 84 valence electrons. The van der Waals surface area contributed by atoms with Crippen molar-refractivity contribution < 1.29 is 14.4 Å².